The van der Waals surface area contributed by atoms with Crippen molar-refractivity contribution in [1.29, 1.82) is 0 Å². The predicted octanol–water partition coefficient (Wildman–Crippen LogP) is 4.10. The third-order valence-corrected chi connectivity index (χ3v) is 4.05. The summed E-state index contributed by atoms with van der Waals surface area (Å²) in [4.78, 5) is 0. The highest BCUT2D eigenvalue weighted by Crippen LogP contribution is 2.35. The maximum Gasteiger partial charge on any atom is 0.0835 e. The van der Waals surface area contributed by atoms with E-state index in [1.807, 2.05) is 25.4 Å². The first-order valence-electron chi connectivity index (χ1n) is 4.93. The fraction of sp³-hybridized carbons (Fsp3) is 0.182. The van der Waals surface area contributed by atoms with E-state index < -0.39 is 0 Å². The summed E-state index contributed by atoms with van der Waals surface area (Å²) >= 11 is 15.5. The molecule has 17 heavy (non-hydrogen) atoms. The van der Waals surface area contributed by atoms with E-state index in [4.69, 9.17) is 23.2 Å². The summed E-state index contributed by atoms with van der Waals surface area (Å²) in [6.45, 7) is 0.658. The molecule has 0 amide bonds. The van der Waals surface area contributed by atoms with Crippen molar-refractivity contribution in [2.75, 3.05) is 5.32 Å². The molecule has 0 saturated heterocycles. The molecule has 0 spiro atoms. The zero-order valence-corrected chi connectivity index (χ0v) is 12.1. The van der Waals surface area contributed by atoms with Crippen LogP contribution in [-0.4, -0.2) is 9.78 Å². The topological polar surface area (TPSA) is 29.9 Å². The van der Waals surface area contributed by atoms with Crippen molar-refractivity contribution < 1.29 is 0 Å². The van der Waals surface area contributed by atoms with E-state index in [1.54, 1.807) is 10.9 Å². The number of nitrogens with zero attached hydrogens (tertiary/aromatic N) is 2. The zero-order chi connectivity index (χ0) is 12.4. The lowest BCUT2D eigenvalue weighted by molar-refractivity contribution is 0.767. The minimum absolute atomic E-state index is 0.517. The van der Waals surface area contributed by atoms with Gasteiger partial charge >= 0.3 is 0 Å². The minimum Gasteiger partial charge on any atom is -0.380 e. The van der Waals surface area contributed by atoms with Gasteiger partial charge in [0, 0.05) is 29.8 Å². The van der Waals surface area contributed by atoms with Crippen LogP contribution in [0.3, 0.4) is 0 Å². The third-order valence-electron chi connectivity index (χ3n) is 2.28. The smallest absolute Gasteiger partial charge is 0.0835 e. The molecule has 3 nitrogen and oxygen atoms in total. The Balaban J connectivity index is 2.12. The molecular weight excluding hydrogens is 325 g/mol. The minimum atomic E-state index is 0.517. The Morgan fingerprint density at radius 2 is 2.12 bits per heavy atom. The molecule has 0 atom stereocenters. The van der Waals surface area contributed by atoms with E-state index in [9.17, 15) is 0 Å². The van der Waals surface area contributed by atoms with Crippen LogP contribution in [0.25, 0.3) is 0 Å². The summed E-state index contributed by atoms with van der Waals surface area (Å²) in [5.41, 5.74) is 1.89. The number of hydrogen-bond donors (Lipinski definition) is 1. The Morgan fingerprint density at radius 3 is 2.76 bits per heavy atom. The van der Waals surface area contributed by atoms with E-state index in [0.29, 0.717) is 16.6 Å². The highest BCUT2D eigenvalue weighted by Gasteiger charge is 2.08. The molecule has 0 aliphatic heterocycles. The van der Waals surface area contributed by atoms with Gasteiger partial charge in [0.1, 0.15) is 0 Å². The molecule has 0 radical (unpaired) electrons. The highest BCUT2D eigenvalue weighted by atomic mass is 79.9. The standard InChI is InChI=1S/C11H10BrCl2N3/c1-17-6-7(5-16-17)4-15-9-3-2-8(12)10(13)11(9)14/h2-3,5-6,15H,4H2,1H3. The Bertz CT molecular complexity index is 540. The van der Waals surface area contributed by atoms with Gasteiger partial charge in [-0.3, -0.25) is 4.68 Å². The molecule has 90 valence electrons. The Hall–Kier alpha value is -0.710. The number of benzene rings is 1. The van der Waals surface area contributed by atoms with E-state index in [2.05, 4.69) is 26.3 Å². The molecule has 2 rings (SSSR count). The largest absolute Gasteiger partial charge is 0.380 e. The van der Waals surface area contributed by atoms with Crippen LogP contribution in [0, 0.1) is 0 Å². The Morgan fingerprint density at radius 1 is 1.35 bits per heavy atom. The second-order valence-electron chi connectivity index (χ2n) is 3.60. The van der Waals surface area contributed by atoms with E-state index >= 15 is 0 Å². The van der Waals surface area contributed by atoms with Gasteiger partial charge in [-0.05, 0) is 28.1 Å². The molecule has 0 fully saturated rings. The average Bonchev–Trinajstić information content (AvgIpc) is 2.71. The maximum absolute atomic E-state index is 6.12. The van der Waals surface area contributed by atoms with Gasteiger partial charge in [0.05, 0.1) is 21.9 Å². The fourth-order valence-corrected chi connectivity index (χ4v) is 2.26. The summed E-state index contributed by atoms with van der Waals surface area (Å²) < 4.78 is 2.55. The molecule has 0 bridgehead atoms. The summed E-state index contributed by atoms with van der Waals surface area (Å²) in [7, 11) is 1.88. The second-order valence-corrected chi connectivity index (χ2v) is 5.21. The number of halogens is 3. The molecule has 1 aromatic carbocycles. The van der Waals surface area contributed by atoms with Crippen LogP contribution in [0.4, 0.5) is 5.69 Å². The lowest BCUT2D eigenvalue weighted by Gasteiger charge is -2.09. The van der Waals surface area contributed by atoms with Gasteiger partial charge in [-0.2, -0.15) is 5.10 Å². The average molecular weight is 335 g/mol. The van der Waals surface area contributed by atoms with Gasteiger partial charge in [-0.1, -0.05) is 23.2 Å². The van der Waals surface area contributed by atoms with E-state index in [1.165, 1.54) is 0 Å². The SMILES string of the molecule is Cn1cc(CNc2ccc(Br)c(Cl)c2Cl)cn1. The van der Waals surface area contributed by atoms with Crippen molar-refractivity contribution in [2.45, 2.75) is 6.54 Å². The maximum atomic E-state index is 6.12. The molecule has 0 saturated carbocycles. The van der Waals surface area contributed by atoms with E-state index in [0.717, 1.165) is 15.7 Å². The van der Waals surface area contributed by atoms with Crippen molar-refractivity contribution >= 4 is 44.8 Å². The second kappa shape index (κ2) is 5.29. The predicted molar refractivity (Wildman–Crippen MR) is 74.7 cm³/mol. The van der Waals surface area contributed by atoms with Gasteiger partial charge in [0.15, 0.2) is 0 Å². The fourth-order valence-electron chi connectivity index (χ4n) is 1.42. The van der Waals surface area contributed by atoms with Crippen LogP contribution in [0.15, 0.2) is 29.0 Å². The van der Waals surface area contributed by atoms with Crippen LogP contribution in [0.5, 0.6) is 0 Å². The van der Waals surface area contributed by atoms with Crippen molar-refractivity contribution in [2.24, 2.45) is 7.05 Å². The molecule has 6 heteroatoms. The van der Waals surface area contributed by atoms with Gasteiger partial charge in [0.2, 0.25) is 0 Å². The third kappa shape index (κ3) is 2.94. The molecular formula is C11H10BrCl2N3. The first kappa shape index (κ1) is 12.7. The molecule has 1 aromatic heterocycles. The number of rotatable bonds is 3. The molecule has 0 aliphatic rings. The number of hydrogen-bond acceptors (Lipinski definition) is 2. The van der Waals surface area contributed by atoms with Gasteiger partial charge in [0.25, 0.3) is 0 Å². The van der Waals surface area contributed by atoms with Crippen molar-refractivity contribution in [1.82, 2.24) is 9.78 Å². The molecule has 1 heterocycles. The van der Waals surface area contributed by atoms with Crippen molar-refractivity contribution in [3.8, 4) is 0 Å². The first-order chi connectivity index (χ1) is 8.08. The van der Waals surface area contributed by atoms with E-state index in [-0.39, 0.29) is 0 Å². The van der Waals surface area contributed by atoms with Crippen LogP contribution >= 0.6 is 39.1 Å². The lowest BCUT2D eigenvalue weighted by Crippen LogP contribution is -1.99. The summed E-state index contributed by atoms with van der Waals surface area (Å²) in [6, 6.07) is 3.74. The Labute approximate surface area is 118 Å². The van der Waals surface area contributed by atoms with Crippen molar-refractivity contribution in [3.05, 3.63) is 44.6 Å². The van der Waals surface area contributed by atoms with Gasteiger partial charge in [-0.15, -0.1) is 0 Å². The first-order valence-corrected chi connectivity index (χ1v) is 6.47. The van der Waals surface area contributed by atoms with Gasteiger partial charge < -0.3 is 5.32 Å². The van der Waals surface area contributed by atoms with Crippen LogP contribution in [0.1, 0.15) is 5.56 Å². The molecule has 0 unspecified atom stereocenters. The molecule has 2 aromatic rings. The summed E-state index contributed by atoms with van der Waals surface area (Å²) in [6.07, 6.45) is 3.75. The number of nitrogens with one attached hydrogen (secondary N) is 1. The monoisotopic (exact) mass is 333 g/mol. The summed E-state index contributed by atoms with van der Waals surface area (Å²) in [5.74, 6) is 0. The molecule has 0 aliphatic carbocycles. The summed E-state index contributed by atoms with van der Waals surface area (Å²) in [5, 5.41) is 8.35. The zero-order valence-electron chi connectivity index (χ0n) is 9.04. The number of aromatic nitrogens is 2. The highest BCUT2D eigenvalue weighted by molar-refractivity contribution is 9.10. The quantitative estimate of drug-likeness (QED) is 0.856. The molecule has 1 N–H and O–H groups in total. The normalized spacial score (nSPS) is 10.6. The van der Waals surface area contributed by atoms with Gasteiger partial charge in [-0.25, -0.2) is 0 Å². The Kier molecular flexibility index (Phi) is 3.97. The number of aryl methyl sites for hydroxylation is 1. The van der Waals surface area contributed by atoms with Crippen LogP contribution in [0.2, 0.25) is 10.0 Å². The van der Waals surface area contributed by atoms with Crippen LogP contribution < -0.4 is 5.32 Å². The van der Waals surface area contributed by atoms with Crippen LogP contribution in [-0.2, 0) is 13.6 Å². The van der Waals surface area contributed by atoms with Crippen molar-refractivity contribution in [3.63, 3.8) is 0 Å². The number of anilines is 1. The lowest BCUT2D eigenvalue weighted by atomic mass is 10.3.